The monoisotopic (exact) mass is 219 g/mol. The van der Waals surface area contributed by atoms with E-state index in [-0.39, 0.29) is 11.8 Å². The zero-order chi connectivity index (χ0) is 11.0. The molecule has 2 bridgehead atoms. The van der Waals surface area contributed by atoms with Gasteiger partial charge in [0, 0.05) is 5.92 Å². The van der Waals surface area contributed by atoms with Gasteiger partial charge in [0.25, 0.3) is 0 Å². The Morgan fingerprint density at radius 1 is 1.44 bits per heavy atom. The first-order valence-electron chi connectivity index (χ1n) is 6.13. The van der Waals surface area contributed by atoms with Gasteiger partial charge in [0.2, 0.25) is 5.91 Å². The third-order valence-electron chi connectivity index (χ3n) is 4.09. The van der Waals surface area contributed by atoms with Gasteiger partial charge in [-0.2, -0.15) is 0 Å². The molecule has 2 fully saturated rings. The Labute approximate surface area is 95.2 Å². The van der Waals surface area contributed by atoms with Crippen molar-refractivity contribution in [2.75, 3.05) is 0 Å². The number of carbonyl (C=O) groups excluding carboxylic acids is 1. The van der Waals surface area contributed by atoms with Crippen molar-refractivity contribution < 1.29 is 9.21 Å². The number of furan rings is 1. The van der Waals surface area contributed by atoms with Crippen LogP contribution in [0.5, 0.6) is 0 Å². The maximum atomic E-state index is 12.0. The standard InChI is InChI=1S/C13H17NO2/c15-13(14-8-11-2-1-5-16-11)12-7-9-3-4-10(12)6-9/h1-2,5,9-10,12H,3-4,6-8H2,(H,14,15)/t9-,10-,12-/m0/s1. The molecule has 0 aromatic carbocycles. The summed E-state index contributed by atoms with van der Waals surface area (Å²) in [7, 11) is 0. The van der Waals surface area contributed by atoms with Crippen molar-refractivity contribution in [1.82, 2.24) is 5.32 Å². The van der Waals surface area contributed by atoms with Crippen LogP contribution in [0.4, 0.5) is 0 Å². The predicted octanol–water partition coefficient (Wildman–Crippen LogP) is 2.33. The normalized spacial score (nSPS) is 31.9. The van der Waals surface area contributed by atoms with Crippen molar-refractivity contribution in [2.24, 2.45) is 17.8 Å². The van der Waals surface area contributed by atoms with Gasteiger partial charge in [0.1, 0.15) is 5.76 Å². The molecule has 1 N–H and O–H groups in total. The zero-order valence-electron chi connectivity index (χ0n) is 9.32. The van der Waals surface area contributed by atoms with Gasteiger partial charge in [-0.15, -0.1) is 0 Å². The highest BCUT2D eigenvalue weighted by molar-refractivity contribution is 5.79. The number of carbonyl (C=O) groups is 1. The minimum absolute atomic E-state index is 0.226. The summed E-state index contributed by atoms with van der Waals surface area (Å²) in [5, 5.41) is 2.98. The van der Waals surface area contributed by atoms with Crippen LogP contribution in [0.25, 0.3) is 0 Å². The molecule has 2 aliphatic carbocycles. The summed E-state index contributed by atoms with van der Waals surface area (Å²) >= 11 is 0. The number of nitrogens with one attached hydrogen (secondary N) is 1. The third-order valence-corrected chi connectivity index (χ3v) is 4.09. The Hall–Kier alpha value is -1.25. The predicted molar refractivity (Wildman–Crippen MR) is 59.5 cm³/mol. The SMILES string of the molecule is O=C(NCc1ccco1)[C@H]1C[C@H]2CC[C@H]1C2. The van der Waals surface area contributed by atoms with E-state index in [9.17, 15) is 4.79 Å². The fourth-order valence-electron chi connectivity index (χ4n) is 3.28. The largest absolute Gasteiger partial charge is 0.467 e. The molecule has 0 aliphatic heterocycles. The van der Waals surface area contributed by atoms with Gasteiger partial charge in [-0.3, -0.25) is 4.79 Å². The van der Waals surface area contributed by atoms with Crippen LogP contribution in [-0.4, -0.2) is 5.91 Å². The molecule has 0 saturated heterocycles. The number of hydrogen-bond donors (Lipinski definition) is 1. The molecule has 3 heteroatoms. The number of amides is 1. The molecule has 1 aromatic rings. The van der Waals surface area contributed by atoms with E-state index in [2.05, 4.69) is 5.32 Å². The Kier molecular flexibility index (Phi) is 2.46. The maximum absolute atomic E-state index is 12.0. The molecule has 16 heavy (non-hydrogen) atoms. The molecule has 3 nitrogen and oxygen atoms in total. The van der Waals surface area contributed by atoms with Crippen LogP contribution in [0, 0.1) is 17.8 Å². The summed E-state index contributed by atoms with van der Waals surface area (Å²) in [5.41, 5.74) is 0. The second kappa shape index (κ2) is 3.96. The molecule has 1 aromatic heterocycles. The summed E-state index contributed by atoms with van der Waals surface area (Å²) in [5.74, 6) is 2.81. The van der Waals surface area contributed by atoms with E-state index < -0.39 is 0 Å². The van der Waals surface area contributed by atoms with E-state index in [1.54, 1.807) is 6.26 Å². The van der Waals surface area contributed by atoms with Gasteiger partial charge < -0.3 is 9.73 Å². The molecule has 3 rings (SSSR count). The van der Waals surface area contributed by atoms with Crippen molar-refractivity contribution >= 4 is 5.91 Å². The highest BCUT2D eigenvalue weighted by atomic mass is 16.3. The van der Waals surface area contributed by atoms with Crippen LogP contribution >= 0.6 is 0 Å². The molecule has 0 unspecified atom stereocenters. The third kappa shape index (κ3) is 1.75. The average Bonchev–Trinajstić information content (AvgIpc) is 3.01. The van der Waals surface area contributed by atoms with Crippen LogP contribution in [0.3, 0.4) is 0 Å². The zero-order valence-corrected chi connectivity index (χ0v) is 9.32. The molecule has 1 heterocycles. The number of rotatable bonds is 3. The van der Waals surface area contributed by atoms with Crippen molar-refractivity contribution in [3.8, 4) is 0 Å². The highest BCUT2D eigenvalue weighted by Crippen LogP contribution is 2.48. The van der Waals surface area contributed by atoms with Crippen LogP contribution in [0.15, 0.2) is 22.8 Å². The van der Waals surface area contributed by atoms with E-state index in [0.29, 0.717) is 12.5 Å². The number of fused-ring (bicyclic) bond motifs is 2. The molecule has 3 atom stereocenters. The van der Waals surface area contributed by atoms with Crippen molar-refractivity contribution in [3.63, 3.8) is 0 Å². The van der Waals surface area contributed by atoms with Crippen LogP contribution in [0.2, 0.25) is 0 Å². The van der Waals surface area contributed by atoms with Crippen molar-refractivity contribution in [1.29, 1.82) is 0 Å². The molecular formula is C13H17NO2. The van der Waals surface area contributed by atoms with Crippen molar-refractivity contribution in [3.05, 3.63) is 24.2 Å². The summed E-state index contributed by atoms with van der Waals surface area (Å²) in [6, 6.07) is 3.74. The summed E-state index contributed by atoms with van der Waals surface area (Å²) in [6.45, 7) is 0.527. The summed E-state index contributed by atoms with van der Waals surface area (Å²) in [6.07, 6.45) is 6.61. The van der Waals surface area contributed by atoms with Crippen molar-refractivity contribution in [2.45, 2.75) is 32.2 Å². The van der Waals surface area contributed by atoms with Crippen LogP contribution in [-0.2, 0) is 11.3 Å². The Bertz CT molecular complexity index is 371. The molecular weight excluding hydrogens is 202 g/mol. The Morgan fingerprint density at radius 3 is 3.00 bits per heavy atom. The first-order chi connectivity index (χ1) is 7.83. The lowest BCUT2D eigenvalue weighted by Crippen LogP contribution is -2.33. The molecule has 2 aliphatic rings. The van der Waals surface area contributed by atoms with E-state index in [1.807, 2.05) is 12.1 Å². The van der Waals surface area contributed by atoms with E-state index in [4.69, 9.17) is 4.42 Å². The molecule has 2 saturated carbocycles. The second-order valence-electron chi connectivity index (χ2n) is 5.08. The van der Waals surface area contributed by atoms with Gasteiger partial charge in [-0.25, -0.2) is 0 Å². The molecule has 86 valence electrons. The second-order valence-corrected chi connectivity index (χ2v) is 5.08. The minimum atomic E-state index is 0.226. The smallest absolute Gasteiger partial charge is 0.223 e. The minimum Gasteiger partial charge on any atom is -0.467 e. The summed E-state index contributed by atoms with van der Waals surface area (Å²) in [4.78, 5) is 12.0. The van der Waals surface area contributed by atoms with Gasteiger partial charge in [-0.05, 0) is 43.2 Å². The average molecular weight is 219 g/mol. The fourth-order valence-corrected chi connectivity index (χ4v) is 3.28. The fraction of sp³-hybridized carbons (Fsp3) is 0.615. The summed E-state index contributed by atoms with van der Waals surface area (Å²) < 4.78 is 5.19. The lowest BCUT2D eigenvalue weighted by Gasteiger charge is -2.20. The topological polar surface area (TPSA) is 42.2 Å². The Morgan fingerprint density at radius 2 is 2.38 bits per heavy atom. The van der Waals surface area contributed by atoms with Gasteiger partial charge in [0.05, 0.1) is 12.8 Å². The first kappa shape index (κ1) is 9.94. The molecule has 1 amide bonds. The van der Waals surface area contributed by atoms with E-state index in [1.165, 1.54) is 19.3 Å². The van der Waals surface area contributed by atoms with Crippen LogP contribution in [0.1, 0.15) is 31.4 Å². The number of hydrogen-bond acceptors (Lipinski definition) is 2. The quantitative estimate of drug-likeness (QED) is 0.847. The Balaban J connectivity index is 1.54. The van der Waals surface area contributed by atoms with E-state index in [0.717, 1.165) is 18.1 Å². The molecule has 0 spiro atoms. The lowest BCUT2D eigenvalue weighted by molar-refractivity contribution is -0.126. The first-order valence-corrected chi connectivity index (χ1v) is 6.13. The van der Waals surface area contributed by atoms with Gasteiger partial charge in [0.15, 0.2) is 0 Å². The highest BCUT2D eigenvalue weighted by Gasteiger charge is 2.42. The maximum Gasteiger partial charge on any atom is 0.223 e. The lowest BCUT2D eigenvalue weighted by atomic mass is 9.88. The van der Waals surface area contributed by atoms with E-state index >= 15 is 0 Å². The van der Waals surface area contributed by atoms with Crippen LogP contribution < -0.4 is 5.32 Å². The molecule has 0 radical (unpaired) electrons. The van der Waals surface area contributed by atoms with Gasteiger partial charge in [-0.1, -0.05) is 6.42 Å². The van der Waals surface area contributed by atoms with Gasteiger partial charge >= 0.3 is 0 Å².